The minimum absolute atomic E-state index is 0.214. The van der Waals surface area contributed by atoms with Crippen molar-refractivity contribution in [2.75, 3.05) is 5.32 Å². The average Bonchev–Trinajstić information content (AvgIpc) is 2.79. The van der Waals surface area contributed by atoms with Gasteiger partial charge < -0.3 is 10.6 Å². The molecule has 1 aromatic carbocycles. The molecule has 3 N–H and O–H groups in total. The first kappa shape index (κ1) is 13.1. The minimum atomic E-state index is -0.259. The zero-order chi connectivity index (χ0) is 13.9. The Labute approximate surface area is 112 Å². The Morgan fingerprint density at radius 3 is 2.68 bits per heavy atom. The number of anilines is 1. The molecule has 19 heavy (non-hydrogen) atoms. The second-order valence-electron chi connectivity index (χ2n) is 5.38. The van der Waals surface area contributed by atoms with Crippen molar-refractivity contribution in [2.24, 2.45) is 0 Å². The van der Waals surface area contributed by atoms with Gasteiger partial charge in [-0.1, -0.05) is 12.1 Å². The van der Waals surface area contributed by atoms with Crippen LogP contribution in [0, 0.1) is 0 Å². The SMILES string of the molecule is CC(C)(C)NC(=O)Nc1cccc(-c2ccn[nH]2)c1. The summed E-state index contributed by atoms with van der Waals surface area (Å²) in [4.78, 5) is 11.8. The van der Waals surface area contributed by atoms with Crippen LogP contribution < -0.4 is 10.6 Å². The quantitative estimate of drug-likeness (QED) is 0.775. The van der Waals surface area contributed by atoms with Gasteiger partial charge in [0.05, 0.1) is 5.69 Å². The smallest absolute Gasteiger partial charge is 0.319 e. The van der Waals surface area contributed by atoms with Crippen molar-refractivity contribution in [3.05, 3.63) is 36.5 Å². The summed E-state index contributed by atoms with van der Waals surface area (Å²) in [5, 5.41) is 12.5. The van der Waals surface area contributed by atoms with E-state index in [1.54, 1.807) is 6.20 Å². The largest absolute Gasteiger partial charge is 0.333 e. The van der Waals surface area contributed by atoms with Gasteiger partial charge in [0.15, 0.2) is 0 Å². The van der Waals surface area contributed by atoms with Crippen molar-refractivity contribution < 1.29 is 4.79 Å². The van der Waals surface area contributed by atoms with Crippen LogP contribution in [-0.2, 0) is 0 Å². The molecule has 0 unspecified atom stereocenters. The van der Waals surface area contributed by atoms with Gasteiger partial charge in [-0.05, 0) is 39.0 Å². The van der Waals surface area contributed by atoms with E-state index >= 15 is 0 Å². The molecule has 0 bridgehead atoms. The highest BCUT2D eigenvalue weighted by Gasteiger charge is 2.13. The zero-order valence-electron chi connectivity index (χ0n) is 11.3. The maximum atomic E-state index is 11.8. The van der Waals surface area contributed by atoms with Gasteiger partial charge >= 0.3 is 6.03 Å². The van der Waals surface area contributed by atoms with Gasteiger partial charge in [-0.25, -0.2) is 4.79 Å². The molecule has 1 heterocycles. The lowest BCUT2D eigenvalue weighted by Crippen LogP contribution is -2.43. The van der Waals surface area contributed by atoms with Crippen molar-refractivity contribution in [2.45, 2.75) is 26.3 Å². The Hall–Kier alpha value is -2.30. The molecule has 2 rings (SSSR count). The Morgan fingerprint density at radius 1 is 1.26 bits per heavy atom. The molecule has 0 radical (unpaired) electrons. The fourth-order valence-corrected chi connectivity index (χ4v) is 1.68. The molecule has 2 aromatic rings. The molecule has 0 fully saturated rings. The number of hydrogen-bond donors (Lipinski definition) is 3. The molecule has 1 aromatic heterocycles. The van der Waals surface area contributed by atoms with Gasteiger partial charge in [0.2, 0.25) is 0 Å². The Kier molecular flexibility index (Phi) is 3.55. The lowest BCUT2D eigenvalue weighted by Gasteiger charge is -2.20. The summed E-state index contributed by atoms with van der Waals surface area (Å²) in [5.41, 5.74) is 2.38. The monoisotopic (exact) mass is 258 g/mol. The van der Waals surface area contributed by atoms with E-state index in [2.05, 4.69) is 20.8 Å². The highest BCUT2D eigenvalue weighted by Crippen LogP contribution is 2.20. The zero-order valence-corrected chi connectivity index (χ0v) is 11.3. The number of urea groups is 1. The highest BCUT2D eigenvalue weighted by atomic mass is 16.2. The van der Waals surface area contributed by atoms with Gasteiger partial charge in [0.1, 0.15) is 0 Å². The number of rotatable bonds is 2. The normalized spacial score (nSPS) is 11.1. The number of carbonyl (C=O) groups is 1. The van der Waals surface area contributed by atoms with E-state index in [0.717, 1.165) is 16.9 Å². The number of amides is 2. The van der Waals surface area contributed by atoms with Gasteiger partial charge in [0.25, 0.3) is 0 Å². The van der Waals surface area contributed by atoms with Crippen molar-refractivity contribution in [3.63, 3.8) is 0 Å². The third-order valence-electron chi connectivity index (χ3n) is 2.42. The number of aromatic amines is 1. The van der Waals surface area contributed by atoms with Crippen molar-refractivity contribution in [3.8, 4) is 11.3 Å². The molecule has 5 heteroatoms. The van der Waals surface area contributed by atoms with Crippen LogP contribution >= 0.6 is 0 Å². The first-order valence-corrected chi connectivity index (χ1v) is 6.13. The predicted molar refractivity (Wildman–Crippen MR) is 75.9 cm³/mol. The van der Waals surface area contributed by atoms with Crippen LogP contribution in [0.15, 0.2) is 36.5 Å². The molecule has 0 saturated heterocycles. The summed E-state index contributed by atoms with van der Waals surface area (Å²) in [6.07, 6.45) is 1.70. The lowest BCUT2D eigenvalue weighted by atomic mass is 10.1. The van der Waals surface area contributed by atoms with Crippen LogP contribution in [0.4, 0.5) is 10.5 Å². The Bertz CT molecular complexity index is 555. The topological polar surface area (TPSA) is 69.8 Å². The minimum Gasteiger partial charge on any atom is -0.333 e. The number of hydrogen-bond acceptors (Lipinski definition) is 2. The second-order valence-corrected chi connectivity index (χ2v) is 5.38. The van der Waals surface area contributed by atoms with E-state index in [4.69, 9.17) is 0 Å². The standard InChI is InChI=1S/C14H18N4O/c1-14(2,3)17-13(19)16-11-6-4-5-10(9-11)12-7-8-15-18-12/h4-9H,1-3H3,(H,15,18)(H2,16,17,19). The molecular weight excluding hydrogens is 240 g/mol. The van der Waals surface area contributed by atoms with E-state index < -0.39 is 0 Å². The number of nitrogens with zero attached hydrogens (tertiary/aromatic N) is 1. The lowest BCUT2D eigenvalue weighted by molar-refractivity contribution is 0.244. The molecule has 0 saturated carbocycles. The summed E-state index contributed by atoms with van der Waals surface area (Å²) in [6.45, 7) is 5.81. The number of carbonyl (C=O) groups excluding carboxylic acids is 1. The highest BCUT2D eigenvalue weighted by molar-refractivity contribution is 5.90. The van der Waals surface area contributed by atoms with Gasteiger partial charge in [0, 0.05) is 23.0 Å². The van der Waals surface area contributed by atoms with Crippen molar-refractivity contribution in [1.82, 2.24) is 15.5 Å². The maximum Gasteiger partial charge on any atom is 0.319 e. The van der Waals surface area contributed by atoms with Gasteiger partial charge in [-0.15, -0.1) is 0 Å². The summed E-state index contributed by atoms with van der Waals surface area (Å²) in [6, 6.07) is 9.27. The fourth-order valence-electron chi connectivity index (χ4n) is 1.68. The summed E-state index contributed by atoms with van der Waals surface area (Å²) >= 11 is 0. The molecule has 5 nitrogen and oxygen atoms in total. The van der Waals surface area contributed by atoms with Crippen LogP contribution in [-0.4, -0.2) is 21.8 Å². The van der Waals surface area contributed by atoms with Crippen LogP contribution in [0.1, 0.15) is 20.8 Å². The van der Waals surface area contributed by atoms with E-state index in [1.807, 2.05) is 51.1 Å². The Balaban J connectivity index is 2.10. The first-order chi connectivity index (χ1) is 8.94. The number of aromatic nitrogens is 2. The van der Waals surface area contributed by atoms with Crippen LogP contribution in [0.2, 0.25) is 0 Å². The predicted octanol–water partition coefficient (Wildman–Crippen LogP) is 3.00. The third kappa shape index (κ3) is 3.84. The maximum absolute atomic E-state index is 11.8. The molecule has 0 atom stereocenters. The van der Waals surface area contributed by atoms with Gasteiger partial charge in [-0.3, -0.25) is 5.10 Å². The summed E-state index contributed by atoms with van der Waals surface area (Å²) < 4.78 is 0. The molecule has 100 valence electrons. The fraction of sp³-hybridized carbons (Fsp3) is 0.286. The van der Waals surface area contributed by atoms with Crippen LogP contribution in [0.5, 0.6) is 0 Å². The van der Waals surface area contributed by atoms with E-state index in [9.17, 15) is 4.79 Å². The van der Waals surface area contributed by atoms with E-state index in [1.165, 1.54) is 0 Å². The van der Waals surface area contributed by atoms with E-state index in [-0.39, 0.29) is 11.6 Å². The van der Waals surface area contributed by atoms with Crippen LogP contribution in [0.3, 0.4) is 0 Å². The number of H-pyrrole nitrogens is 1. The first-order valence-electron chi connectivity index (χ1n) is 6.13. The molecule has 2 amide bonds. The van der Waals surface area contributed by atoms with Gasteiger partial charge in [-0.2, -0.15) is 5.10 Å². The second kappa shape index (κ2) is 5.14. The van der Waals surface area contributed by atoms with Crippen molar-refractivity contribution in [1.29, 1.82) is 0 Å². The summed E-state index contributed by atoms with van der Waals surface area (Å²) in [7, 11) is 0. The summed E-state index contributed by atoms with van der Waals surface area (Å²) in [5.74, 6) is 0. The average molecular weight is 258 g/mol. The molecule has 0 aliphatic heterocycles. The molecule has 0 aliphatic rings. The van der Waals surface area contributed by atoms with Crippen LogP contribution in [0.25, 0.3) is 11.3 Å². The third-order valence-corrected chi connectivity index (χ3v) is 2.42. The number of benzene rings is 1. The van der Waals surface area contributed by atoms with E-state index in [0.29, 0.717) is 0 Å². The number of nitrogens with one attached hydrogen (secondary N) is 3. The molecular formula is C14H18N4O. The van der Waals surface area contributed by atoms with Crippen molar-refractivity contribution >= 4 is 11.7 Å². The Morgan fingerprint density at radius 2 is 2.05 bits per heavy atom. The molecule has 0 spiro atoms. The molecule has 0 aliphatic carbocycles.